The van der Waals surface area contributed by atoms with Crippen LogP contribution in [0, 0.1) is 0 Å². The molecular formula is C22H55N3. The molecule has 3 heteroatoms. The Morgan fingerprint density at radius 3 is 0.880 bits per heavy atom. The number of rotatable bonds is 10. The first-order chi connectivity index (χ1) is 11.9. The first kappa shape index (κ1) is 32.5. The van der Waals surface area contributed by atoms with E-state index in [9.17, 15) is 0 Å². The molecule has 0 N–H and O–H groups in total. The third-order valence-corrected chi connectivity index (χ3v) is 4.20. The van der Waals surface area contributed by atoms with Crippen LogP contribution in [-0.2, 0) is 0 Å². The molecule has 25 heavy (non-hydrogen) atoms. The molecule has 0 aliphatic rings. The van der Waals surface area contributed by atoms with Gasteiger partial charge in [-0.15, -0.1) is 0 Å². The predicted octanol–water partition coefficient (Wildman–Crippen LogP) is 5.85. The van der Waals surface area contributed by atoms with E-state index in [0.717, 1.165) is 6.54 Å². The van der Waals surface area contributed by atoms with Gasteiger partial charge in [-0.05, 0) is 66.3 Å². The molecule has 0 saturated carbocycles. The third-order valence-electron chi connectivity index (χ3n) is 4.20. The zero-order valence-corrected chi connectivity index (χ0v) is 20.1. The van der Waals surface area contributed by atoms with Gasteiger partial charge in [-0.2, -0.15) is 0 Å². The number of unbranched alkanes of at least 4 members (excludes halogenated alkanes) is 2. The molecular weight excluding hydrogens is 306 g/mol. The van der Waals surface area contributed by atoms with Gasteiger partial charge in [0.25, 0.3) is 0 Å². The van der Waals surface area contributed by atoms with Crippen LogP contribution in [0.15, 0.2) is 0 Å². The third kappa shape index (κ3) is 40.1. The van der Waals surface area contributed by atoms with Crippen molar-refractivity contribution in [2.75, 3.05) is 59.9 Å². The van der Waals surface area contributed by atoms with Crippen molar-refractivity contribution in [3.05, 3.63) is 0 Å². The van der Waals surface area contributed by atoms with Crippen LogP contribution in [0.2, 0.25) is 0 Å². The Morgan fingerprint density at radius 2 is 0.760 bits per heavy atom. The standard InChI is InChI=1S/C8H19N.C6H15N.C4H11N.C4H10/c1-4-7-8-9(5-2)6-3;1-4-7(5-2)6-3;1-4-5(2)3;1-3-4-2/h4-8H2,1-3H3;4-6H2,1-3H3;4H2,1-3H3;3-4H2,1-2H3. The first-order valence-electron chi connectivity index (χ1n) is 11.0. The minimum absolute atomic E-state index is 1.14. The second-order valence-electron chi connectivity index (χ2n) is 6.40. The Morgan fingerprint density at radius 1 is 0.440 bits per heavy atom. The molecule has 0 heterocycles. The van der Waals surface area contributed by atoms with Crippen molar-refractivity contribution in [2.45, 2.75) is 88.0 Å². The van der Waals surface area contributed by atoms with E-state index in [0.29, 0.717) is 0 Å². The summed E-state index contributed by atoms with van der Waals surface area (Å²) in [6.07, 6.45) is 5.30. The zero-order chi connectivity index (χ0) is 20.5. The number of hydrogen-bond acceptors (Lipinski definition) is 3. The van der Waals surface area contributed by atoms with Gasteiger partial charge in [0.05, 0.1) is 0 Å². The summed E-state index contributed by atoms with van der Waals surface area (Å²) in [5, 5.41) is 0. The average molecular weight is 362 g/mol. The molecule has 0 atom stereocenters. The highest BCUT2D eigenvalue weighted by molar-refractivity contribution is 4.49. The molecule has 0 amide bonds. The van der Waals surface area contributed by atoms with E-state index in [1.54, 1.807) is 0 Å². The maximum Gasteiger partial charge on any atom is -0.00191 e. The lowest BCUT2D eigenvalue weighted by Gasteiger charge is -2.16. The van der Waals surface area contributed by atoms with Crippen molar-refractivity contribution in [3.8, 4) is 0 Å². The van der Waals surface area contributed by atoms with Gasteiger partial charge in [-0.3, -0.25) is 0 Å². The number of nitrogens with zero attached hydrogens (tertiary/aromatic N) is 3. The number of hydrogen-bond donors (Lipinski definition) is 0. The van der Waals surface area contributed by atoms with Crippen LogP contribution in [0.5, 0.6) is 0 Å². The molecule has 0 aromatic heterocycles. The normalized spacial score (nSPS) is 9.84. The van der Waals surface area contributed by atoms with Crippen LogP contribution >= 0.6 is 0 Å². The van der Waals surface area contributed by atoms with Crippen molar-refractivity contribution in [2.24, 2.45) is 0 Å². The first-order valence-corrected chi connectivity index (χ1v) is 11.0. The highest BCUT2D eigenvalue weighted by Gasteiger charge is 1.94. The smallest absolute Gasteiger partial charge is 0.00191 e. The Labute approximate surface area is 163 Å². The van der Waals surface area contributed by atoms with Crippen molar-refractivity contribution >= 4 is 0 Å². The summed E-state index contributed by atoms with van der Waals surface area (Å²) in [5.74, 6) is 0. The van der Waals surface area contributed by atoms with Gasteiger partial charge in [0.15, 0.2) is 0 Å². The van der Waals surface area contributed by atoms with Gasteiger partial charge in [-0.1, -0.05) is 81.6 Å². The van der Waals surface area contributed by atoms with Gasteiger partial charge in [0.1, 0.15) is 0 Å². The highest BCUT2D eigenvalue weighted by atomic mass is 15.1. The summed E-state index contributed by atoms with van der Waals surface area (Å²) >= 11 is 0. The Kier molecular flexibility index (Phi) is 41.2. The molecule has 0 saturated heterocycles. The molecule has 0 rings (SSSR count). The maximum absolute atomic E-state index is 2.46. The van der Waals surface area contributed by atoms with E-state index >= 15 is 0 Å². The van der Waals surface area contributed by atoms with E-state index < -0.39 is 0 Å². The Hall–Kier alpha value is -0.120. The van der Waals surface area contributed by atoms with Gasteiger partial charge < -0.3 is 14.7 Å². The molecule has 0 aliphatic heterocycles. The molecule has 3 nitrogen and oxygen atoms in total. The fraction of sp³-hybridized carbons (Fsp3) is 1.00. The molecule has 0 fully saturated rings. The van der Waals surface area contributed by atoms with Gasteiger partial charge in [0, 0.05) is 0 Å². The average Bonchev–Trinajstić information content (AvgIpc) is 2.65. The van der Waals surface area contributed by atoms with Crippen LogP contribution in [0.3, 0.4) is 0 Å². The van der Waals surface area contributed by atoms with E-state index in [1.807, 2.05) is 0 Å². The lowest BCUT2D eigenvalue weighted by atomic mass is 10.3. The minimum Gasteiger partial charge on any atom is -0.310 e. The van der Waals surface area contributed by atoms with Crippen LogP contribution in [0.4, 0.5) is 0 Å². The fourth-order valence-corrected chi connectivity index (χ4v) is 1.59. The predicted molar refractivity (Wildman–Crippen MR) is 121 cm³/mol. The molecule has 0 bridgehead atoms. The summed E-state index contributed by atoms with van der Waals surface area (Å²) < 4.78 is 0. The lowest BCUT2D eigenvalue weighted by molar-refractivity contribution is 0.299. The fourth-order valence-electron chi connectivity index (χ4n) is 1.59. The van der Waals surface area contributed by atoms with E-state index in [-0.39, 0.29) is 0 Å². The summed E-state index contributed by atoms with van der Waals surface area (Å²) in [6, 6.07) is 0. The van der Waals surface area contributed by atoms with E-state index in [2.05, 4.69) is 91.1 Å². The van der Waals surface area contributed by atoms with Crippen molar-refractivity contribution < 1.29 is 0 Å². The van der Waals surface area contributed by atoms with Gasteiger partial charge in [0.2, 0.25) is 0 Å². The summed E-state index contributed by atoms with van der Waals surface area (Å²) in [5.41, 5.74) is 0. The second-order valence-corrected chi connectivity index (χ2v) is 6.40. The van der Waals surface area contributed by atoms with Crippen molar-refractivity contribution in [1.29, 1.82) is 0 Å². The van der Waals surface area contributed by atoms with E-state index in [1.165, 1.54) is 65.0 Å². The van der Waals surface area contributed by atoms with Crippen LogP contribution < -0.4 is 0 Å². The maximum atomic E-state index is 2.46. The summed E-state index contributed by atoms with van der Waals surface area (Å²) in [7, 11) is 4.11. The molecule has 0 aromatic rings. The van der Waals surface area contributed by atoms with Crippen molar-refractivity contribution in [3.63, 3.8) is 0 Å². The zero-order valence-electron chi connectivity index (χ0n) is 20.1. The Balaban J connectivity index is -0.000000123. The highest BCUT2D eigenvalue weighted by Crippen LogP contribution is 1.92. The quantitative estimate of drug-likeness (QED) is 0.483. The topological polar surface area (TPSA) is 9.72 Å². The van der Waals surface area contributed by atoms with Crippen LogP contribution in [0.1, 0.15) is 88.0 Å². The Bertz CT molecular complexity index is 169. The molecule has 158 valence electrons. The lowest BCUT2D eigenvalue weighted by Crippen LogP contribution is -2.23. The SMILES string of the molecule is CCCC.CCCCN(CC)CC.CCN(C)C.CCN(CC)CC. The monoisotopic (exact) mass is 361 g/mol. The van der Waals surface area contributed by atoms with Crippen LogP contribution in [0.25, 0.3) is 0 Å². The summed E-state index contributed by atoms with van der Waals surface area (Å²) in [4.78, 5) is 6.96. The largest absolute Gasteiger partial charge is 0.310 e. The minimum atomic E-state index is 1.14. The second kappa shape index (κ2) is 31.6. The van der Waals surface area contributed by atoms with Crippen LogP contribution in [-0.4, -0.2) is 74.6 Å². The molecule has 0 unspecified atom stereocenters. The van der Waals surface area contributed by atoms with Gasteiger partial charge >= 0.3 is 0 Å². The molecule has 0 aromatic carbocycles. The van der Waals surface area contributed by atoms with E-state index in [4.69, 9.17) is 0 Å². The molecule has 0 spiro atoms. The van der Waals surface area contributed by atoms with Gasteiger partial charge in [-0.25, -0.2) is 0 Å². The molecule has 0 aliphatic carbocycles. The van der Waals surface area contributed by atoms with Crippen molar-refractivity contribution in [1.82, 2.24) is 14.7 Å². The molecule has 0 radical (unpaired) electrons. The summed E-state index contributed by atoms with van der Waals surface area (Å²) in [6.45, 7) is 28.1.